The van der Waals surface area contributed by atoms with E-state index >= 15 is 0 Å². The second kappa shape index (κ2) is 8.20. The fourth-order valence-corrected chi connectivity index (χ4v) is 4.77. The van der Waals surface area contributed by atoms with Gasteiger partial charge in [-0.3, -0.25) is 0 Å². The minimum absolute atomic E-state index is 0.0964. The average Bonchev–Trinajstić information content (AvgIpc) is 3.22. The molecular weight excluding hydrogens is 388 g/mol. The van der Waals surface area contributed by atoms with E-state index in [9.17, 15) is 0 Å². The number of methoxy groups -OCH3 is 2. The summed E-state index contributed by atoms with van der Waals surface area (Å²) in [6.45, 7) is 0.881. The van der Waals surface area contributed by atoms with Crippen LogP contribution in [0.25, 0.3) is 0 Å². The first-order chi connectivity index (χ1) is 13.7. The normalized spacial score (nSPS) is 15.6. The molecule has 0 saturated heterocycles. The molecule has 2 heterocycles. The molecule has 0 saturated carbocycles. The van der Waals surface area contributed by atoms with Crippen molar-refractivity contribution >= 4 is 34.4 Å². The highest BCUT2D eigenvalue weighted by atomic mass is 32.1. The van der Waals surface area contributed by atoms with Gasteiger partial charge in [0, 0.05) is 17.1 Å². The number of ether oxygens (including phenoxy) is 2. The van der Waals surface area contributed by atoms with Gasteiger partial charge in [0.1, 0.15) is 11.5 Å². The Morgan fingerprint density at radius 2 is 1.64 bits per heavy atom. The molecule has 1 N–H and O–H groups in total. The van der Waals surface area contributed by atoms with Crippen molar-refractivity contribution in [3.63, 3.8) is 0 Å². The van der Waals surface area contributed by atoms with Crippen LogP contribution in [-0.2, 0) is 6.42 Å². The fraction of sp³-hybridized carbons (Fsp3) is 0.227. The van der Waals surface area contributed by atoms with Crippen LogP contribution in [0, 0.1) is 0 Å². The first-order valence-corrected chi connectivity index (χ1v) is 10.4. The maximum atomic E-state index is 5.81. The van der Waals surface area contributed by atoms with E-state index in [4.69, 9.17) is 21.7 Å². The Balaban J connectivity index is 1.62. The van der Waals surface area contributed by atoms with Crippen molar-refractivity contribution in [2.45, 2.75) is 12.5 Å². The molecule has 1 atom stereocenters. The van der Waals surface area contributed by atoms with E-state index in [2.05, 4.69) is 33.8 Å². The fourth-order valence-electron chi connectivity index (χ4n) is 3.55. The number of nitrogens with zero attached hydrogens (tertiary/aromatic N) is 1. The van der Waals surface area contributed by atoms with Gasteiger partial charge in [-0.15, -0.1) is 11.3 Å². The molecule has 4 nitrogen and oxygen atoms in total. The van der Waals surface area contributed by atoms with Crippen LogP contribution >= 0.6 is 23.6 Å². The highest BCUT2D eigenvalue weighted by Gasteiger charge is 2.31. The van der Waals surface area contributed by atoms with Crippen LogP contribution in [0.3, 0.4) is 0 Å². The topological polar surface area (TPSA) is 33.7 Å². The lowest BCUT2D eigenvalue weighted by Crippen LogP contribution is -2.42. The number of anilines is 1. The summed E-state index contributed by atoms with van der Waals surface area (Å²) in [5, 5.41) is 6.28. The molecule has 0 amide bonds. The maximum absolute atomic E-state index is 5.81. The molecule has 0 aliphatic carbocycles. The van der Waals surface area contributed by atoms with Gasteiger partial charge in [-0.25, -0.2) is 0 Å². The van der Waals surface area contributed by atoms with Crippen LogP contribution in [0.5, 0.6) is 11.5 Å². The molecule has 1 aliphatic rings. The molecule has 0 unspecified atom stereocenters. The zero-order valence-electron chi connectivity index (χ0n) is 15.8. The molecule has 1 aromatic heterocycles. The predicted molar refractivity (Wildman–Crippen MR) is 119 cm³/mol. The minimum Gasteiger partial charge on any atom is -0.497 e. The molecule has 0 bridgehead atoms. The smallest absolute Gasteiger partial charge is 0.174 e. The summed E-state index contributed by atoms with van der Waals surface area (Å²) in [4.78, 5) is 3.71. The van der Waals surface area contributed by atoms with Gasteiger partial charge in [0.05, 0.1) is 20.3 Å². The third-order valence-electron chi connectivity index (χ3n) is 5.00. The summed E-state index contributed by atoms with van der Waals surface area (Å²) < 4.78 is 10.6. The van der Waals surface area contributed by atoms with Crippen LogP contribution in [0.1, 0.15) is 22.0 Å². The third kappa shape index (κ3) is 3.70. The predicted octanol–water partition coefficient (Wildman–Crippen LogP) is 5.11. The molecule has 1 aliphatic heterocycles. The molecule has 3 aromatic rings. The molecule has 6 heteroatoms. The van der Waals surface area contributed by atoms with E-state index in [1.165, 1.54) is 16.0 Å². The molecule has 144 valence electrons. The van der Waals surface area contributed by atoms with Crippen LogP contribution in [0.2, 0.25) is 0 Å². The van der Waals surface area contributed by atoms with Crippen molar-refractivity contribution in [2.24, 2.45) is 0 Å². The molecule has 28 heavy (non-hydrogen) atoms. The molecule has 0 spiro atoms. The number of hydrogen-bond donors (Lipinski definition) is 1. The van der Waals surface area contributed by atoms with E-state index in [1.807, 2.05) is 47.7 Å². The minimum atomic E-state index is 0.0964. The van der Waals surface area contributed by atoms with Gasteiger partial charge < -0.3 is 19.7 Å². The lowest BCUT2D eigenvalue weighted by atomic mass is 9.93. The second-order valence-corrected chi connectivity index (χ2v) is 7.96. The molecule has 2 aromatic carbocycles. The zero-order chi connectivity index (χ0) is 19.5. The van der Waals surface area contributed by atoms with Gasteiger partial charge in [0.15, 0.2) is 5.11 Å². The Bertz CT molecular complexity index is 951. The van der Waals surface area contributed by atoms with Gasteiger partial charge in [-0.1, -0.05) is 12.1 Å². The highest BCUT2D eigenvalue weighted by Crippen LogP contribution is 2.38. The quantitative estimate of drug-likeness (QED) is 0.605. The van der Waals surface area contributed by atoms with Gasteiger partial charge >= 0.3 is 0 Å². The van der Waals surface area contributed by atoms with Crippen LogP contribution in [0.4, 0.5) is 5.69 Å². The van der Waals surface area contributed by atoms with Gasteiger partial charge in [0.2, 0.25) is 0 Å². The van der Waals surface area contributed by atoms with E-state index in [0.29, 0.717) is 0 Å². The molecule has 0 radical (unpaired) electrons. The summed E-state index contributed by atoms with van der Waals surface area (Å²) in [7, 11) is 3.35. The first kappa shape index (κ1) is 18.8. The summed E-state index contributed by atoms with van der Waals surface area (Å²) in [6.07, 6.45) is 1.00. The highest BCUT2D eigenvalue weighted by molar-refractivity contribution is 7.80. The lowest BCUT2D eigenvalue weighted by Gasteiger charge is -2.38. The Kier molecular flexibility index (Phi) is 5.50. The number of nitrogens with one attached hydrogen (secondary N) is 1. The standard InChI is InChI=1S/C22H22N2O2S2/c1-25-17-7-3-15(4-8-17)21-19-12-14-28-20(19)11-13-24(21)22(27)23-16-5-9-18(26-2)10-6-16/h3-10,12,14,21H,11,13H2,1-2H3,(H,23,27)/t21-/m0/s1. The third-order valence-corrected chi connectivity index (χ3v) is 6.33. The number of rotatable bonds is 4. The van der Waals surface area contributed by atoms with Gasteiger partial charge in [-0.2, -0.15) is 0 Å². The summed E-state index contributed by atoms with van der Waals surface area (Å²) in [6, 6.07) is 18.4. The van der Waals surface area contributed by atoms with E-state index in [-0.39, 0.29) is 6.04 Å². The van der Waals surface area contributed by atoms with Gasteiger partial charge in [-0.05, 0) is 77.6 Å². The van der Waals surface area contributed by atoms with Crippen molar-refractivity contribution in [1.29, 1.82) is 0 Å². The molecule has 4 rings (SSSR count). The van der Waals surface area contributed by atoms with E-state index in [0.717, 1.165) is 35.3 Å². The Morgan fingerprint density at radius 3 is 2.29 bits per heavy atom. The van der Waals surface area contributed by atoms with Gasteiger partial charge in [0.25, 0.3) is 0 Å². The largest absolute Gasteiger partial charge is 0.497 e. The van der Waals surface area contributed by atoms with Crippen LogP contribution in [0.15, 0.2) is 60.0 Å². The van der Waals surface area contributed by atoms with Crippen molar-refractivity contribution in [3.8, 4) is 11.5 Å². The number of thiophene rings is 1. The van der Waals surface area contributed by atoms with Crippen molar-refractivity contribution in [2.75, 3.05) is 26.1 Å². The Hall–Kier alpha value is -2.57. The number of fused-ring (bicyclic) bond motifs is 1. The Morgan fingerprint density at radius 1 is 1.00 bits per heavy atom. The monoisotopic (exact) mass is 410 g/mol. The number of benzene rings is 2. The summed E-state index contributed by atoms with van der Waals surface area (Å²) in [5.41, 5.74) is 3.50. The average molecular weight is 411 g/mol. The van der Waals surface area contributed by atoms with E-state index in [1.54, 1.807) is 14.2 Å². The Labute approximate surface area is 174 Å². The summed E-state index contributed by atoms with van der Waals surface area (Å²) >= 11 is 7.63. The van der Waals surface area contributed by atoms with Crippen LogP contribution in [-0.4, -0.2) is 30.8 Å². The molecular formula is C22H22N2O2S2. The maximum Gasteiger partial charge on any atom is 0.174 e. The van der Waals surface area contributed by atoms with Crippen molar-refractivity contribution in [1.82, 2.24) is 4.90 Å². The SMILES string of the molecule is COc1ccc(NC(=S)N2CCc3sccc3[C@@H]2c2ccc(OC)cc2)cc1. The first-order valence-electron chi connectivity index (χ1n) is 9.11. The van der Waals surface area contributed by atoms with Crippen LogP contribution < -0.4 is 14.8 Å². The zero-order valence-corrected chi connectivity index (χ0v) is 17.5. The number of hydrogen-bond acceptors (Lipinski definition) is 4. The summed E-state index contributed by atoms with van der Waals surface area (Å²) in [5.74, 6) is 1.68. The van der Waals surface area contributed by atoms with Crippen molar-refractivity contribution < 1.29 is 9.47 Å². The number of thiocarbonyl (C=S) groups is 1. The lowest BCUT2D eigenvalue weighted by molar-refractivity contribution is 0.346. The molecule has 0 fully saturated rings. The van der Waals surface area contributed by atoms with E-state index < -0.39 is 0 Å². The second-order valence-electron chi connectivity index (χ2n) is 6.58. The van der Waals surface area contributed by atoms with Crippen molar-refractivity contribution in [3.05, 3.63) is 76.0 Å².